The minimum atomic E-state index is -4.41. The van der Waals surface area contributed by atoms with E-state index in [1.807, 2.05) is 0 Å². The average Bonchev–Trinajstić information content (AvgIpc) is 2.96. The highest BCUT2D eigenvalue weighted by Gasteiger charge is 2.33. The number of alkyl halides is 3. The van der Waals surface area contributed by atoms with Gasteiger partial charge in [-0.3, -0.25) is 4.79 Å². The Morgan fingerprint density at radius 1 is 1.19 bits per heavy atom. The second-order valence-electron chi connectivity index (χ2n) is 5.70. The predicted octanol–water partition coefficient (Wildman–Crippen LogP) is 4.52. The van der Waals surface area contributed by atoms with Crippen LogP contribution in [0.25, 0.3) is 0 Å². The summed E-state index contributed by atoms with van der Waals surface area (Å²) in [4.78, 5) is 12.0. The molecular formula is C18H13ClF3N3OS. The highest BCUT2D eigenvalue weighted by Crippen LogP contribution is 2.31. The molecule has 1 fully saturated rings. The lowest BCUT2D eigenvalue weighted by atomic mass is 10.1. The van der Waals surface area contributed by atoms with E-state index in [-0.39, 0.29) is 12.3 Å². The van der Waals surface area contributed by atoms with Gasteiger partial charge < -0.3 is 5.32 Å². The van der Waals surface area contributed by atoms with Crippen LogP contribution < -0.4 is 5.32 Å². The van der Waals surface area contributed by atoms with E-state index in [0.717, 1.165) is 29.5 Å². The Balaban J connectivity index is 1.64. The summed E-state index contributed by atoms with van der Waals surface area (Å²) in [6, 6.07) is 11.9. The Bertz CT molecular complexity index is 897. The number of nitrogens with zero attached hydrogens (tertiary/aromatic N) is 2. The lowest BCUT2D eigenvalue weighted by Crippen LogP contribution is -2.26. The van der Waals surface area contributed by atoms with E-state index in [1.54, 1.807) is 30.3 Å². The second kappa shape index (κ2) is 8.14. The van der Waals surface area contributed by atoms with Gasteiger partial charge in [0, 0.05) is 5.02 Å². The van der Waals surface area contributed by atoms with Gasteiger partial charge in [0.1, 0.15) is 0 Å². The first-order valence-electron chi connectivity index (χ1n) is 7.81. The minimum Gasteiger partial charge on any atom is -0.303 e. The predicted molar refractivity (Wildman–Crippen MR) is 101 cm³/mol. The maximum atomic E-state index is 12.8. The number of halogens is 4. The molecule has 4 nitrogen and oxygen atoms in total. The van der Waals surface area contributed by atoms with E-state index >= 15 is 0 Å². The van der Waals surface area contributed by atoms with Gasteiger partial charge in [-0.05, 0) is 35.7 Å². The van der Waals surface area contributed by atoms with Crippen LogP contribution in [0.1, 0.15) is 16.7 Å². The number of nitrogens with one attached hydrogen (secondary N) is 1. The molecule has 1 atom stereocenters. The van der Waals surface area contributed by atoms with Crippen LogP contribution in [0.15, 0.2) is 58.7 Å². The van der Waals surface area contributed by atoms with Crippen LogP contribution in [-0.4, -0.2) is 22.5 Å². The Morgan fingerprint density at radius 3 is 2.63 bits per heavy atom. The molecule has 2 aromatic rings. The monoisotopic (exact) mass is 411 g/mol. The lowest BCUT2D eigenvalue weighted by molar-refractivity contribution is -0.137. The highest BCUT2D eigenvalue weighted by molar-refractivity contribution is 8.15. The van der Waals surface area contributed by atoms with Gasteiger partial charge in [-0.15, -0.1) is 5.10 Å². The van der Waals surface area contributed by atoms with Crippen molar-refractivity contribution in [2.24, 2.45) is 10.2 Å². The molecule has 1 heterocycles. The third-order valence-corrected chi connectivity index (χ3v) is 5.00. The summed E-state index contributed by atoms with van der Waals surface area (Å²) in [5.41, 5.74) is 0.492. The molecule has 1 aliphatic rings. The molecule has 1 N–H and O–H groups in total. The molecule has 0 radical (unpaired) electrons. The molecule has 1 saturated heterocycles. The minimum absolute atomic E-state index is 0.167. The summed E-state index contributed by atoms with van der Waals surface area (Å²) < 4.78 is 38.4. The van der Waals surface area contributed by atoms with Crippen molar-refractivity contribution in [3.05, 3.63) is 70.2 Å². The van der Waals surface area contributed by atoms with E-state index in [2.05, 4.69) is 15.5 Å². The number of amidine groups is 1. The van der Waals surface area contributed by atoms with Gasteiger partial charge in [0.05, 0.1) is 17.0 Å². The molecule has 1 amide bonds. The number of carbonyl (C=O) groups is 1. The van der Waals surface area contributed by atoms with Crippen LogP contribution in [-0.2, 0) is 17.4 Å². The van der Waals surface area contributed by atoms with Crippen LogP contribution in [0, 0.1) is 0 Å². The van der Waals surface area contributed by atoms with E-state index in [4.69, 9.17) is 11.6 Å². The molecule has 0 aliphatic carbocycles. The fourth-order valence-electron chi connectivity index (χ4n) is 2.37. The number of hydrogen-bond acceptors (Lipinski definition) is 4. The van der Waals surface area contributed by atoms with E-state index in [1.165, 1.54) is 12.3 Å². The van der Waals surface area contributed by atoms with Crippen LogP contribution in [0.2, 0.25) is 5.02 Å². The Labute approximate surface area is 162 Å². The summed E-state index contributed by atoms with van der Waals surface area (Å²) in [5, 5.41) is 10.8. The number of rotatable bonds is 4. The molecule has 1 aliphatic heterocycles. The van der Waals surface area contributed by atoms with Gasteiger partial charge in [-0.1, -0.05) is 53.7 Å². The molecule has 0 spiro atoms. The van der Waals surface area contributed by atoms with Crippen molar-refractivity contribution >= 4 is 40.7 Å². The first-order chi connectivity index (χ1) is 12.8. The van der Waals surface area contributed by atoms with E-state index in [0.29, 0.717) is 15.8 Å². The van der Waals surface area contributed by atoms with Gasteiger partial charge in [-0.25, -0.2) is 0 Å². The van der Waals surface area contributed by atoms with Crippen LogP contribution in [0.5, 0.6) is 0 Å². The van der Waals surface area contributed by atoms with Gasteiger partial charge in [0.25, 0.3) is 0 Å². The van der Waals surface area contributed by atoms with E-state index in [9.17, 15) is 18.0 Å². The number of benzene rings is 2. The Morgan fingerprint density at radius 2 is 1.93 bits per heavy atom. The van der Waals surface area contributed by atoms with Crippen molar-refractivity contribution < 1.29 is 18.0 Å². The number of thioether (sulfide) groups is 1. The topological polar surface area (TPSA) is 53.8 Å². The SMILES string of the molecule is O=C1N/C(=N/N=C\c2ccc(Cl)cc2)SC1Cc1cccc(C(F)(F)F)c1. The van der Waals surface area contributed by atoms with Crippen molar-refractivity contribution in [1.82, 2.24) is 5.32 Å². The molecule has 0 saturated carbocycles. The van der Waals surface area contributed by atoms with Gasteiger partial charge >= 0.3 is 6.18 Å². The molecule has 0 bridgehead atoms. The third-order valence-electron chi connectivity index (χ3n) is 3.68. The zero-order chi connectivity index (χ0) is 19.4. The van der Waals surface area contributed by atoms with Gasteiger partial charge in [0.15, 0.2) is 5.17 Å². The van der Waals surface area contributed by atoms with Gasteiger partial charge in [0.2, 0.25) is 5.91 Å². The van der Waals surface area contributed by atoms with Crippen LogP contribution in [0.3, 0.4) is 0 Å². The number of hydrogen-bond donors (Lipinski definition) is 1. The van der Waals surface area contributed by atoms with E-state index < -0.39 is 17.0 Å². The second-order valence-corrected chi connectivity index (χ2v) is 7.33. The number of amides is 1. The summed E-state index contributed by atoms with van der Waals surface area (Å²) in [6.07, 6.45) is -2.74. The maximum Gasteiger partial charge on any atom is 0.416 e. The summed E-state index contributed by atoms with van der Waals surface area (Å²) in [7, 11) is 0. The van der Waals surface area contributed by atoms with Crippen molar-refractivity contribution in [3.63, 3.8) is 0 Å². The third kappa shape index (κ3) is 5.33. The first kappa shape index (κ1) is 19.4. The quantitative estimate of drug-likeness (QED) is 0.594. The van der Waals surface area contributed by atoms with Crippen LogP contribution >= 0.6 is 23.4 Å². The Hall–Kier alpha value is -2.32. The highest BCUT2D eigenvalue weighted by atomic mass is 35.5. The summed E-state index contributed by atoms with van der Waals surface area (Å²) in [6.45, 7) is 0. The first-order valence-corrected chi connectivity index (χ1v) is 9.07. The van der Waals surface area contributed by atoms with Crippen molar-refractivity contribution in [3.8, 4) is 0 Å². The summed E-state index contributed by atoms with van der Waals surface area (Å²) >= 11 is 6.94. The molecular weight excluding hydrogens is 399 g/mol. The largest absolute Gasteiger partial charge is 0.416 e. The smallest absolute Gasteiger partial charge is 0.303 e. The summed E-state index contributed by atoms with van der Waals surface area (Å²) in [5.74, 6) is -0.308. The molecule has 27 heavy (non-hydrogen) atoms. The average molecular weight is 412 g/mol. The molecule has 140 valence electrons. The Kier molecular flexibility index (Phi) is 5.86. The zero-order valence-corrected chi connectivity index (χ0v) is 15.3. The molecule has 1 unspecified atom stereocenters. The van der Waals surface area contributed by atoms with Crippen molar-refractivity contribution in [1.29, 1.82) is 0 Å². The fraction of sp³-hybridized carbons (Fsp3) is 0.167. The van der Waals surface area contributed by atoms with Crippen LogP contribution in [0.4, 0.5) is 13.2 Å². The van der Waals surface area contributed by atoms with Crippen molar-refractivity contribution in [2.45, 2.75) is 17.8 Å². The lowest BCUT2D eigenvalue weighted by Gasteiger charge is -2.10. The molecule has 9 heteroatoms. The molecule has 0 aromatic heterocycles. The van der Waals surface area contributed by atoms with Gasteiger partial charge in [-0.2, -0.15) is 18.3 Å². The molecule has 2 aromatic carbocycles. The number of carbonyl (C=O) groups excluding carboxylic acids is 1. The molecule has 3 rings (SSSR count). The normalized spacial score (nSPS) is 19.0. The fourth-order valence-corrected chi connectivity index (χ4v) is 3.46. The standard InChI is InChI=1S/C18H13ClF3N3OS/c19-14-6-4-11(5-7-14)10-23-25-17-24-16(26)15(27-17)9-12-2-1-3-13(8-12)18(20,21)22/h1-8,10,15H,9H2,(H,24,25,26)/b23-10-. The maximum absolute atomic E-state index is 12.8. The zero-order valence-electron chi connectivity index (χ0n) is 13.7. The van der Waals surface area contributed by atoms with Crippen molar-refractivity contribution in [2.75, 3.05) is 0 Å².